The highest BCUT2D eigenvalue weighted by molar-refractivity contribution is 5.96. The molecule has 19 heteroatoms. The fourth-order valence-corrected chi connectivity index (χ4v) is 3.91. The first-order valence-electron chi connectivity index (χ1n) is 16.1. The number of carbonyl (C=O) groups is 12. The van der Waals surface area contributed by atoms with Crippen molar-refractivity contribution >= 4 is 70.5 Å². The van der Waals surface area contributed by atoms with Gasteiger partial charge in [0.15, 0.2) is 0 Å². The first-order chi connectivity index (χ1) is 24.6. The van der Waals surface area contributed by atoms with Crippen molar-refractivity contribution in [2.45, 2.75) is 80.1 Å². The molecule has 0 aromatic heterocycles. The lowest BCUT2D eigenvalue weighted by Crippen LogP contribution is -2.47. The molecule has 0 aromatic carbocycles. The Labute approximate surface area is 305 Å². The molecule has 0 saturated heterocycles. The molecule has 0 fully saturated rings. The van der Waals surface area contributed by atoms with Crippen LogP contribution >= 0.6 is 0 Å². The summed E-state index contributed by atoms with van der Waals surface area (Å²) in [6.45, 7) is 0.801. The zero-order valence-corrected chi connectivity index (χ0v) is 30.7. The van der Waals surface area contributed by atoms with Crippen molar-refractivity contribution in [2.75, 3.05) is 52.9 Å². The second-order valence-electron chi connectivity index (χ2n) is 12.7. The summed E-state index contributed by atoms with van der Waals surface area (Å²) >= 11 is 0. The van der Waals surface area contributed by atoms with Gasteiger partial charge < -0.3 is 33.2 Å². The molecule has 296 valence electrons. The van der Waals surface area contributed by atoms with Gasteiger partial charge in [-0.2, -0.15) is 0 Å². The number of carbonyl (C=O) groups excluding carboxylic acids is 12. The highest BCUT2D eigenvalue weighted by atomic mass is 16.6. The molecule has 0 N–H and O–H groups in total. The summed E-state index contributed by atoms with van der Waals surface area (Å²) in [5.41, 5.74) is -3.64. The monoisotopic (exact) mass is 758 g/mol. The minimum atomic E-state index is -1.82. The summed E-state index contributed by atoms with van der Waals surface area (Å²) in [4.78, 5) is 143. The molecule has 0 unspecified atom stereocenters. The first kappa shape index (κ1) is 47.8. The molecule has 0 saturated carbocycles. The van der Waals surface area contributed by atoms with Crippen molar-refractivity contribution in [1.29, 1.82) is 0 Å². The molecule has 0 aliphatic rings. The summed E-state index contributed by atoms with van der Waals surface area (Å²) in [6.07, 6.45) is -4.02. The van der Waals surface area contributed by atoms with Crippen LogP contribution < -0.4 is 0 Å². The number of ketones is 6. The molecule has 0 aliphatic carbocycles. The summed E-state index contributed by atoms with van der Waals surface area (Å²) in [6, 6.07) is 0. The number of Topliss-reactive ketones (excluding diaryl/α,β-unsaturated/α-hetero) is 6. The SMILES string of the molecule is CC(=O)CC(=O)OCC(COCC(COC(=O)CC(C)=O)(COC(=O)CC(C)=O)COC(=O)CC(C)=O)(COC(=O)CC(C)=O)COC(=O)CC(C)=O. The van der Waals surface area contributed by atoms with E-state index in [1.54, 1.807) is 0 Å². The van der Waals surface area contributed by atoms with E-state index in [4.69, 9.17) is 33.2 Å². The maximum atomic E-state index is 12.4. The topological polar surface area (TPSA) is 269 Å². The van der Waals surface area contributed by atoms with Gasteiger partial charge in [0.2, 0.25) is 0 Å². The van der Waals surface area contributed by atoms with Gasteiger partial charge in [-0.25, -0.2) is 0 Å². The van der Waals surface area contributed by atoms with Gasteiger partial charge in [-0.05, 0) is 41.5 Å². The Kier molecular flexibility index (Phi) is 21.8. The van der Waals surface area contributed by atoms with Gasteiger partial charge in [0.1, 0.15) is 113 Å². The second-order valence-corrected chi connectivity index (χ2v) is 12.7. The van der Waals surface area contributed by atoms with Gasteiger partial charge >= 0.3 is 35.8 Å². The Hall–Kier alpha value is -5.20. The normalized spacial score (nSPS) is 11.0. The van der Waals surface area contributed by atoms with Gasteiger partial charge in [-0.3, -0.25) is 57.5 Å². The van der Waals surface area contributed by atoms with Crippen LogP contribution in [0, 0.1) is 10.8 Å². The third kappa shape index (κ3) is 23.8. The number of hydrogen-bond acceptors (Lipinski definition) is 19. The molecule has 0 aliphatic heterocycles. The fraction of sp³-hybridized carbons (Fsp3) is 0.647. The van der Waals surface area contributed by atoms with Crippen LogP contribution in [-0.2, 0) is 90.7 Å². The summed E-state index contributed by atoms with van der Waals surface area (Å²) in [5.74, 6) is -9.62. The zero-order valence-electron chi connectivity index (χ0n) is 30.7. The molecule has 53 heavy (non-hydrogen) atoms. The molecule has 0 aromatic rings. The molecule has 0 heterocycles. The Balaban J connectivity index is 6.85. The molecular formula is C34H46O19. The van der Waals surface area contributed by atoms with Crippen LogP contribution in [0.5, 0.6) is 0 Å². The van der Waals surface area contributed by atoms with E-state index in [1.165, 1.54) is 0 Å². The molecular weight excluding hydrogens is 712 g/mol. The average molecular weight is 759 g/mol. The highest BCUT2D eigenvalue weighted by Crippen LogP contribution is 2.26. The lowest BCUT2D eigenvalue weighted by atomic mass is 9.90. The Morgan fingerprint density at radius 3 is 0.566 bits per heavy atom. The second kappa shape index (κ2) is 24.1. The minimum Gasteiger partial charge on any atom is -0.464 e. The molecule has 0 bridgehead atoms. The standard InChI is InChI=1S/C34H46O19/c1-21(35)7-27(41)48-15-33(16-49-28(42)8-22(2)36,17-50-29(43)9-23(3)37)13-47-14-34(18-51-30(44)10-24(4)38,19-52-31(45)11-25(5)39)20-53-32(46)12-26(6)40/h7-20H2,1-6H3. The van der Waals surface area contributed by atoms with Crippen molar-refractivity contribution in [2.24, 2.45) is 10.8 Å². The van der Waals surface area contributed by atoms with E-state index in [9.17, 15) is 57.5 Å². The third-order valence-electron chi connectivity index (χ3n) is 6.41. The average Bonchev–Trinajstić information content (AvgIpc) is 3.00. The summed E-state index contributed by atoms with van der Waals surface area (Å²) in [7, 11) is 0. The van der Waals surface area contributed by atoms with Gasteiger partial charge in [-0.15, -0.1) is 0 Å². The van der Waals surface area contributed by atoms with Crippen LogP contribution in [0.3, 0.4) is 0 Å². The van der Waals surface area contributed by atoms with Crippen LogP contribution in [-0.4, -0.2) is 123 Å². The molecule has 0 atom stereocenters. The van der Waals surface area contributed by atoms with Gasteiger partial charge in [0.05, 0.1) is 24.0 Å². The van der Waals surface area contributed by atoms with Crippen molar-refractivity contribution in [3.63, 3.8) is 0 Å². The molecule has 19 nitrogen and oxygen atoms in total. The van der Waals surface area contributed by atoms with E-state index < -0.39 is 173 Å². The molecule has 0 amide bonds. The molecule has 0 spiro atoms. The Bertz CT molecular complexity index is 1150. The van der Waals surface area contributed by atoms with Gasteiger partial charge in [0.25, 0.3) is 0 Å². The van der Waals surface area contributed by atoms with Crippen molar-refractivity contribution < 1.29 is 90.7 Å². The van der Waals surface area contributed by atoms with Crippen molar-refractivity contribution in [3.8, 4) is 0 Å². The van der Waals surface area contributed by atoms with E-state index in [0.29, 0.717) is 0 Å². The highest BCUT2D eigenvalue weighted by Gasteiger charge is 2.41. The third-order valence-corrected chi connectivity index (χ3v) is 6.41. The zero-order chi connectivity index (χ0) is 40.8. The number of esters is 6. The maximum absolute atomic E-state index is 12.4. The smallest absolute Gasteiger partial charge is 0.313 e. The van der Waals surface area contributed by atoms with E-state index in [2.05, 4.69) is 0 Å². The van der Waals surface area contributed by atoms with Gasteiger partial charge in [-0.1, -0.05) is 0 Å². The lowest BCUT2D eigenvalue weighted by molar-refractivity contribution is -0.174. The number of hydrogen-bond donors (Lipinski definition) is 0. The van der Waals surface area contributed by atoms with E-state index in [-0.39, 0.29) is 0 Å². The van der Waals surface area contributed by atoms with Crippen LogP contribution in [0.2, 0.25) is 0 Å². The molecule has 0 radical (unpaired) electrons. The predicted molar refractivity (Wildman–Crippen MR) is 173 cm³/mol. The maximum Gasteiger partial charge on any atom is 0.313 e. The predicted octanol–water partition coefficient (Wildman–Crippen LogP) is 0.110. The molecule has 0 rings (SSSR count). The Morgan fingerprint density at radius 1 is 0.283 bits per heavy atom. The van der Waals surface area contributed by atoms with E-state index in [0.717, 1.165) is 41.5 Å². The quantitative estimate of drug-likeness (QED) is 0.0582. The Morgan fingerprint density at radius 2 is 0.434 bits per heavy atom. The van der Waals surface area contributed by atoms with Crippen LogP contribution in [0.1, 0.15) is 80.1 Å². The number of ether oxygens (including phenoxy) is 7. The van der Waals surface area contributed by atoms with E-state index in [1.807, 2.05) is 0 Å². The van der Waals surface area contributed by atoms with Crippen molar-refractivity contribution in [3.05, 3.63) is 0 Å². The van der Waals surface area contributed by atoms with Crippen LogP contribution in [0.15, 0.2) is 0 Å². The van der Waals surface area contributed by atoms with Crippen LogP contribution in [0.4, 0.5) is 0 Å². The van der Waals surface area contributed by atoms with E-state index >= 15 is 0 Å². The van der Waals surface area contributed by atoms with Crippen molar-refractivity contribution in [1.82, 2.24) is 0 Å². The minimum absolute atomic E-state index is 0.569. The number of rotatable bonds is 28. The van der Waals surface area contributed by atoms with Crippen LogP contribution in [0.25, 0.3) is 0 Å². The summed E-state index contributed by atoms with van der Waals surface area (Å²) < 4.78 is 37.2. The largest absolute Gasteiger partial charge is 0.464 e. The van der Waals surface area contributed by atoms with Gasteiger partial charge in [0, 0.05) is 0 Å². The lowest BCUT2D eigenvalue weighted by Gasteiger charge is -2.35. The fourth-order valence-electron chi connectivity index (χ4n) is 3.91. The first-order valence-corrected chi connectivity index (χ1v) is 16.1. The summed E-state index contributed by atoms with van der Waals surface area (Å²) in [5, 5.41) is 0.